The molecule has 2 aliphatic heterocycles. The second kappa shape index (κ2) is 7.20. The van der Waals surface area contributed by atoms with Gasteiger partial charge in [-0.05, 0) is 23.6 Å². The molecule has 2 aromatic carbocycles. The first-order chi connectivity index (χ1) is 13.5. The summed E-state index contributed by atoms with van der Waals surface area (Å²) < 4.78 is 0. The maximum Gasteiger partial charge on any atom is 0.269 e. The number of rotatable bonds is 4. The Bertz CT molecular complexity index is 1030. The number of nitrogens with zero attached hydrogens (tertiary/aromatic N) is 4. The summed E-state index contributed by atoms with van der Waals surface area (Å²) in [6, 6.07) is 13.7. The second-order valence-electron chi connectivity index (χ2n) is 6.94. The summed E-state index contributed by atoms with van der Waals surface area (Å²) in [5.41, 5.74) is 2.47. The molecular formula is C20H18N4O3S. The standard InChI is InChI=1S/C20H18N4O3S/c1-12(2)17-19(25)23-18(22-17)15-8-3-4-9-16(15)21-20(23)28-11-13-6-5-7-14(10-13)24(26)27/h3-10,12,17H,11H2,1-2H3/t17-/m1/s1. The van der Waals surface area contributed by atoms with Crippen molar-refractivity contribution in [1.82, 2.24) is 4.90 Å². The predicted octanol–water partition coefficient (Wildman–Crippen LogP) is 4.14. The summed E-state index contributed by atoms with van der Waals surface area (Å²) in [6.45, 7) is 3.95. The van der Waals surface area contributed by atoms with Gasteiger partial charge in [0.05, 0.1) is 10.6 Å². The average Bonchev–Trinajstić information content (AvgIpc) is 3.04. The number of carbonyl (C=O) groups is 1. The molecule has 0 aliphatic carbocycles. The molecule has 4 rings (SSSR count). The van der Waals surface area contributed by atoms with Crippen molar-refractivity contribution in [3.8, 4) is 0 Å². The van der Waals surface area contributed by atoms with Gasteiger partial charge in [-0.25, -0.2) is 9.89 Å². The zero-order chi connectivity index (χ0) is 19.8. The van der Waals surface area contributed by atoms with E-state index in [1.807, 2.05) is 44.2 Å². The Morgan fingerprint density at radius 3 is 2.75 bits per heavy atom. The van der Waals surface area contributed by atoms with Crippen molar-refractivity contribution in [2.45, 2.75) is 25.6 Å². The lowest BCUT2D eigenvalue weighted by Crippen LogP contribution is -2.41. The molecule has 0 saturated carbocycles. The minimum Gasteiger partial charge on any atom is -0.271 e. The molecule has 142 valence electrons. The average molecular weight is 394 g/mol. The van der Waals surface area contributed by atoms with Gasteiger partial charge in [0.15, 0.2) is 5.17 Å². The van der Waals surface area contributed by atoms with Gasteiger partial charge in [-0.3, -0.25) is 19.9 Å². The molecule has 7 nitrogen and oxygen atoms in total. The Balaban J connectivity index is 1.66. The lowest BCUT2D eigenvalue weighted by molar-refractivity contribution is -0.384. The van der Waals surface area contributed by atoms with E-state index in [9.17, 15) is 14.9 Å². The van der Waals surface area contributed by atoms with Gasteiger partial charge in [-0.1, -0.05) is 49.9 Å². The van der Waals surface area contributed by atoms with Gasteiger partial charge >= 0.3 is 0 Å². The third-order valence-corrected chi connectivity index (χ3v) is 5.63. The molecule has 0 aromatic heterocycles. The largest absolute Gasteiger partial charge is 0.271 e. The van der Waals surface area contributed by atoms with E-state index in [0.29, 0.717) is 16.8 Å². The first kappa shape index (κ1) is 18.4. The fourth-order valence-electron chi connectivity index (χ4n) is 3.21. The van der Waals surface area contributed by atoms with Crippen LogP contribution < -0.4 is 0 Å². The smallest absolute Gasteiger partial charge is 0.269 e. The number of amides is 1. The number of hydrogen-bond donors (Lipinski definition) is 0. The second-order valence-corrected chi connectivity index (χ2v) is 7.88. The Kier molecular flexibility index (Phi) is 4.72. The number of hydrogen-bond acceptors (Lipinski definition) is 6. The van der Waals surface area contributed by atoms with Crippen LogP contribution in [0.2, 0.25) is 0 Å². The third-order valence-electron chi connectivity index (χ3n) is 4.62. The molecule has 1 atom stereocenters. The SMILES string of the molecule is CC(C)[C@H]1N=C2c3ccccc3N=C(SCc3cccc([N+](=O)[O-])c3)N2C1=O. The number of benzene rings is 2. The number of nitro groups is 1. The Hall–Kier alpha value is -3.00. The van der Waals surface area contributed by atoms with Crippen LogP contribution in [-0.2, 0) is 10.5 Å². The highest BCUT2D eigenvalue weighted by Crippen LogP contribution is 2.35. The topological polar surface area (TPSA) is 88.2 Å². The van der Waals surface area contributed by atoms with E-state index in [4.69, 9.17) is 0 Å². The normalized spacial score (nSPS) is 17.9. The molecule has 28 heavy (non-hydrogen) atoms. The van der Waals surface area contributed by atoms with Gasteiger partial charge in [0.25, 0.3) is 11.6 Å². The van der Waals surface area contributed by atoms with Gasteiger partial charge in [-0.2, -0.15) is 0 Å². The fourth-order valence-corrected chi connectivity index (χ4v) is 4.15. The van der Waals surface area contributed by atoms with Crippen LogP contribution >= 0.6 is 11.8 Å². The van der Waals surface area contributed by atoms with Crippen molar-refractivity contribution in [2.75, 3.05) is 0 Å². The maximum absolute atomic E-state index is 13.0. The Labute approximate surface area is 166 Å². The highest BCUT2D eigenvalue weighted by atomic mass is 32.2. The van der Waals surface area contributed by atoms with Crippen LogP contribution in [0.25, 0.3) is 0 Å². The molecule has 0 spiro atoms. The highest BCUT2D eigenvalue weighted by Gasteiger charge is 2.42. The van der Waals surface area contributed by atoms with Crippen molar-refractivity contribution in [2.24, 2.45) is 15.9 Å². The Morgan fingerprint density at radius 2 is 2.00 bits per heavy atom. The predicted molar refractivity (Wildman–Crippen MR) is 110 cm³/mol. The Morgan fingerprint density at radius 1 is 1.21 bits per heavy atom. The number of nitro benzene ring substituents is 1. The number of thioether (sulfide) groups is 1. The molecule has 0 fully saturated rings. The molecule has 0 unspecified atom stereocenters. The van der Waals surface area contributed by atoms with Crippen molar-refractivity contribution < 1.29 is 9.72 Å². The van der Waals surface area contributed by atoms with Crippen molar-refractivity contribution >= 4 is 40.0 Å². The lowest BCUT2D eigenvalue weighted by Gasteiger charge is -2.25. The molecule has 0 N–H and O–H groups in total. The molecule has 2 aliphatic rings. The van der Waals surface area contributed by atoms with E-state index >= 15 is 0 Å². The van der Waals surface area contributed by atoms with E-state index in [2.05, 4.69) is 9.98 Å². The van der Waals surface area contributed by atoms with Crippen LogP contribution in [0.15, 0.2) is 58.5 Å². The zero-order valence-electron chi connectivity index (χ0n) is 15.4. The van der Waals surface area contributed by atoms with Gasteiger partial charge < -0.3 is 0 Å². The quantitative estimate of drug-likeness (QED) is 0.576. The van der Waals surface area contributed by atoms with E-state index in [1.165, 1.54) is 17.8 Å². The number of para-hydroxylation sites is 1. The summed E-state index contributed by atoms with van der Waals surface area (Å²) in [4.78, 5) is 34.5. The molecule has 0 saturated heterocycles. The number of non-ortho nitro benzene ring substituents is 1. The van der Waals surface area contributed by atoms with Crippen LogP contribution in [-0.4, -0.2) is 32.8 Å². The lowest BCUT2D eigenvalue weighted by atomic mass is 10.1. The van der Waals surface area contributed by atoms with Crippen LogP contribution in [0.5, 0.6) is 0 Å². The van der Waals surface area contributed by atoms with Gasteiger partial charge in [0, 0.05) is 23.4 Å². The monoisotopic (exact) mass is 394 g/mol. The van der Waals surface area contributed by atoms with Crippen molar-refractivity contribution in [3.63, 3.8) is 0 Å². The first-order valence-corrected chi connectivity index (χ1v) is 9.90. The number of aliphatic imine (C=N–C) groups is 2. The summed E-state index contributed by atoms with van der Waals surface area (Å²) in [5.74, 6) is 1.10. The minimum atomic E-state index is -0.426. The number of fused-ring (bicyclic) bond motifs is 3. The highest BCUT2D eigenvalue weighted by molar-refractivity contribution is 8.13. The molecule has 2 aromatic rings. The molecule has 1 amide bonds. The number of amidine groups is 2. The van der Waals surface area contributed by atoms with E-state index in [1.54, 1.807) is 17.0 Å². The molecule has 8 heteroatoms. The van der Waals surface area contributed by atoms with Crippen LogP contribution in [0.3, 0.4) is 0 Å². The summed E-state index contributed by atoms with van der Waals surface area (Å²) >= 11 is 1.38. The minimum absolute atomic E-state index is 0.0494. The fraction of sp³-hybridized carbons (Fsp3) is 0.250. The van der Waals surface area contributed by atoms with E-state index < -0.39 is 11.0 Å². The molecule has 2 heterocycles. The third kappa shape index (κ3) is 3.20. The van der Waals surface area contributed by atoms with Crippen LogP contribution in [0.4, 0.5) is 11.4 Å². The summed E-state index contributed by atoms with van der Waals surface area (Å²) in [6.07, 6.45) is 0. The molecule has 0 bridgehead atoms. The first-order valence-electron chi connectivity index (χ1n) is 8.91. The van der Waals surface area contributed by atoms with Crippen LogP contribution in [0, 0.1) is 16.0 Å². The maximum atomic E-state index is 13.0. The van der Waals surface area contributed by atoms with Gasteiger partial charge in [-0.15, -0.1) is 0 Å². The number of carbonyl (C=O) groups excluding carboxylic acids is 1. The van der Waals surface area contributed by atoms with Gasteiger partial charge in [0.1, 0.15) is 11.9 Å². The summed E-state index contributed by atoms with van der Waals surface area (Å²) in [5, 5.41) is 11.5. The molecule has 0 radical (unpaired) electrons. The molecular weight excluding hydrogens is 376 g/mol. The van der Waals surface area contributed by atoms with E-state index in [-0.39, 0.29) is 17.5 Å². The van der Waals surface area contributed by atoms with Crippen LogP contribution in [0.1, 0.15) is 25.0 Å². The van der Waals surface area contributed by atoms with Crippen molar-refractivity contribution in [1.29, 1.82) is 0 Å². The van der Waals surface area contributed by atoms with E-state index in [0.717, 1.165) is 16.8 Å². The van der Waals surface area contributed by atoms with Crippen molar-refractivity contribution in [3.05, 3.63) is 69.8 Å². The summed E-state index contributed by atoms with van der Waals surface area (Å²) in [7, 11) is 0. The van der Waals surface area contributed by atoms with Gasteiger partial charge in [0.2, 0.25) is 0 Å². The zero-order valence-corrected chi connectivity index (χ0v) is 16.2.